The van der Waals surface area contributed by atoms with E-state index in [0.29, 0.717) is 0 Å². The molecule has 0 radical (unpaired) electrons. The molecule has 2 nitrogen and oxygen atoms in total. The Kier molecular flexibility index (Phi) is 6.33. The van der Waals surface area contributed by atoms with Gasteiger partial charge in [-0.1, -0.05) is 28.1 Å². The van der Waals surface area contributed by atoms with E-state index in [2.05, 4.69) is 15.9 Å². The highest BCUT2D eigenvalue weighted by atomic mass is 79.9. The Morgan fingerprint density at radius 1 is 1.46 bits per heavy atom. The number of aliphatic hydroxyl groups is 1. The van der Waals surface area contributed by atoms with E-state index in [1.54, 1.807) is 0 Å². The maximum Gasteiger partial charge on any atom is 0.0585 e. The first-order valence-electron chi connectivity index (χ1n) is 3.83. The van der Waals surface area contributed by atoms with E-state index in [0.717, 1.165) is 16.5 Å². The Morgan fingerprint density at radius 3 is 2.69 bits per heavy atom. The quantitative estimate of drug-likeness (QED) is 0.875. The molecule has 1 unspecified atom stereocenters. The zero-order valence-electron chi connectivity index (χ0n) is 7.11. The van der Waals surface area contributed by atoms with Gasteiger partial charge in [0.25, 0.3) is 0 Å². The van der Waals surface area contributed by atoms with Crippen molar-refractivity contribution in [3.63, 3.8) is 0 Å². The summed E-state index contributed by atoms with van der Waals surface area (Å²) in [6, 6.07) is 7.78. The summed E-state index contributed by atoms with van der Waals surface area (Å²) >= 11 is 3.37. The largest absolute Gasteiger partial charge is 0.395 e. The first kappa shape index (κ1) is 12.9. The molecule has 0 saturated heterocycles. The third kappa shape index (κ3) is 4.62. The van der Waals surface area contributed by atoms with Crippen molar-refractivity contribution in [2.45, 2.75) is 12.5 Å². The summed E-state index contributed by atoms with van der Waals surface area (Å²) < 4.78 is 1.05. The van der Waals surface area contributed by atoms with E-state index in [4.69, 9.17) is 10.8 Å². The summed E-state index contributed by atoms with van der Waals surface area (Å²) in [6.45, 7) is 0.0342. The van der Waals surface area contributed by atoms with E-state index in [1.807, 2.05) is 24.3 Å². The molecule has 0 aliphatic rings. The van der Waals surface area contributed by atoms with Crippen LogP contribution >= 0.6 is 28.3 Å². The molecule has 1 aromatic rings. The van der Waals surface area contributed by atoms with Crippen LogP contribution in [0, 0.1) is 0 Å². The molecule has 13 heavy (non-hydrogen) atoms. The molecule has 0 aliphatic carbocycles. The summed E-state index contributed by atoms with van der Waals surface area (Å²) in [5.74, 6) is 0. The molecule has 1 aromatic carbocycles. The average molecular weight is 267 g/mol. The minimum absolute atomic E-state index is 0. The van der Waals surface area contributed by atoms with Gasteiger partial charge >= 0.3 is 0 Å². The summed E-state index contributed by atoms with van der Waals surface area (Å²) in [5.41, 5.74) is 6.73. The van der Waals surface area contributed by atoms with E-state index < -0.39 is 0 Å². The maximum atomic E-state index is 8.73. The number of rotatable bonds is 3. The van der Waals surface area contributed by atoms with Gasteiger partial charge in [-0.05, 0) is 24.1 Å². The maximum absolute atomic E-state index is 8.73. The fourth-order valence-electron chi connectivity index (χ4n) is 1.03. The van der Waals surface area contributed by atoms with Crippen LogP contribution in [0.4, 0.5) is 0 Å². The highest BCUT2D eigenvalue weighted by Crippen LogP contribution is 2.12. The molecule has 0 aromatic heterocycles. The minimum Gasteiger partial charge on any atom is -0.395 e. The van der Waals surface area contributed by atoms with Crippen molar-refractivity contribution in [3.05, 3.63) is 34.3 Å². The van der Waals surface area contributed by atoms with Gasteiger partial charge in [-0.25, -0.2) is 0 Å². The van der Waals surface area contributed by atoms with Gasteiger partial charge in [0, 0.05) is 10.5 Å². The van der Waals surface area contributed by atoms with Gasteiger partial charge in [0.2, 0.25) is 0 Å². The Balaban J connectivity index is 0.00000144. The lowest BCUT2D eigenvalue weighted by atomic mass is 10.1. The van der Waals surface area contributed by atoms with Crippen LogP contribution in [0.5, 0.6) is 0 Å². The Bertz CT molecular complexity index is 257. The van der Waals surface area contributed by atoms with Gasteiger partial charge < -0.3 is 10.8 Å². The van der Waals surface area contributed by atoms with Crippen LogP contribution in [0.2, 0.25) is 0 Å². The molecule has 1 atom stereocenters. The zero-order chi connectivity index (χ0) is 8.97. The molecule has 4 heteroatoms. The molecular formula is C9H13BrClNO. The van der Waals surface area contributed by atoms with Crippen molar-refractivity contribution in [1.82, 2.24) is 0 Å². The minimum atomic E-state index is -0.153. The molecule has 0 aliphatic heterocycles. The van der Waals surface area contributed by atoms with Crippen molar-refractivity contribution in [3.8, 4) is 0 Å². The van der Waals surface area contributed by atoms with Crippen LogP contribution < -0.4 is 5.73 Å². The molecule has 0 spiro atoms. The van der Waals surface area contributed by atoms with Gasteiger partial charge in [-0.15, -0.1) is 12.4 Å². The molecular weight excluding hydrogens is 253 g/mol. The van der Waals surface area contributed by atoms with Crippen molar-refractivity contribution in [2.24, 2.45) is 5.73 Å². The second-order valence-electron chi connectivity index (χ2n) is 2.78. The Morgan fingerprint density at radius 2 is 2.15 bits per heavy atom. The van der Waals surface area contributed by atoms with Crippen LogP contribution in [0.25, 0.3) is 0 Å². The lowest BCUT2D eigenvalue weighted by molar-refractivity contribution is 0.265. The fraction of sp³-hybridized carbons (Fsp3) is 0.333. The highest BCUT2D eigenvalue weighted by molar-refractivity contribution is 9.10. The van der Waals surface area contributed by atoms with Crippen LogP contribution in [-0.2, 0) is 6.42 Å². The molecule has 1 rings (SSSR count). The predicted octanol–water partition coefficient (Wildman–Crippen LogP) is 1.73. The summed E-state index contributed by atoms with van der Waals surface area (Å²) in [7, 11) is 0. The van der Waals surface area contributed by atoms with Crippen molar-refractivity contribution < 1.29 is 5.11 Å². The number of halogens is 2. The summed E-state index contributed by atoms with van der Waals surface area (Å²) in [4.78, 5) is 0. The Hall–Kier alpha value is -0.0900. The molecule has 0 heterocycles. The van der Waals surface area contributed by atoms with E-state index >= 15 is 0 Å². The number of aliphatic hydroxyl groups excluding tert-OH is 1. The lowest BCUT2D eigenvalue weighted by Crippen LogP contribution is -2.26. The number of hydrogen-bond acceptors (Lipinski definition) is 2. The number of nitrogens with two attached hydrogens (primary N) is 1. The van der Waals surface area contributed by atoms with Gasteiger partial charge in [0.1, 0.15) is 0 Å². The van der Waals surface area contributed by atoms with Gasteiger partial charge in [-0.3, -0.25) is 0 Å². The topological polar surface area (TPSA) is 46.2 Å². The van der Waals surface area contributed by atoms with Crippen LogP contribution in [0.3, 0.4) is 0 Å². The van der Waals surface area contributed by atoms with Crippen LogP contribution in [0.1, 0.15) is 5.56 Å². The van der Waals surface area contributed by atoms with Crippen molar-refractivity contribution in [2.75, 3.05) is 6.61 Å². The van der Waals surface area contributed by atoms with Crippen LogP contribution in [-0.4, -0.2) is 17.8 Å². The summed E-state index contributed by atoms with van der Waals surface area (Å²) in [5, 5.41) is 8.73. The van der Waals surface area contributed by atoms with Gasteiger partial charge in [0.15, 0.2) is 0 Å². The summed E-state index contributed by atoms with van der Waals surface area (Å²) in [6.07, 6.45) is 0.718. The predicted molar refractivity (Wildman–Crippen MR) is 60.2 cm³/mol. The van der Waals surface area contributed by atoms with E-state index in [1.165, 1.54) is 0 Å². The molecule has 0 fully saturated rings. The molecule has 3 N–H and O–H groups in total. The third-order valence-electron chi connectivity index (χ3n) is 1.62. The first-order chi connectivity index (χ1) is 5.72. The van der Waals surface area contributed by atoms with Crippen LogP contribution in [0.15, 0.2) is 28.7 Å². The molecule has 74 valence electrons. The van der Waals surface area contributed by atoms with Crippen molar-refractivity contribution in [1.29, 1.82) is 0 Å². The van der Waals surface area contributed by atoms with Gasteiger partial charge in [-0.2, -0.15) is 0 Å². The zero-order valence-corrected chi connectivity index (χ0v) is 9.51. The van der Waals surface area contributed by atoms with E-state index in [9.17, 15) is 0 Å². The Labute approximate surface area is 92.7 Å². The monoisotopic (exact) mass is 265 g/mol. The van der Waals surface area contributed by atoms with E-state index in [-0.39, 0.29) is 25.1 Å². The molecule has 0 amide bonds. The first-order valence-corrected chi connectivity index (χ1v) is 4.62. The molecule has 0 bridgehead atoms. The number of hydrogen-bond donors (Lipinski definition) is 2. The van der Waals surface area contributed by atoms with Crippen molar-refractivity contribution >= 4 is 28.3 Å². The number of benzene rings is 1. The molecule has 0 saturated carbocycles. The second kappa shape index (κ2) is 6.38. The highest BCUT2D eigenvalue weighted by Gasteiger charge is 2.01. The third-order valence-corrected chi connectivity index (χ3v) is 2.11. The average Bonchev–Trinajstić information content (AvgIpc) is 2.04. The smallest absolute Gasteiger partial charge is 0.0585 e. The second-order valence-corrected chi connectivity index (χ2v) is 3.69. The fourth-order valence-corrected chi connectivity index (χ4v) is 1.48. The normalized spacial score (nSPS) is 11.9. The standard InChI is InChI=1S/C9H12BrNO.ClH/c10-8-3-1-2-7(4-8)5-9(11)6-12;/h1-4,9,12H,5-6,11H2;1H. The lowest BCUT2D eigenvalue weighted by Gasteiger charge is -2.07. The SMILES string of the molecule is Cl.NC(CO)Cc1cccc(Br)c1. The van der Waals surface area contributed by atoms with Gasteiger partial charge in [0.05, 0.1) is 6.61 Å².